The number of rotatable bonds is 5. The van der Waals surface area contributed by atoms with E-state index in [-0.39, 0.29) is 18.6 Å². The standard InChI is InChI=1S/C22H30N2O2/c1-5-8-21-23-18-9-6-7-10-19(18)24(21)14-22(25)26-20-13-16(4)11-12-17(20)15(2)3/h5-10,15-17,20H,11-14H2,1-4H3/b8-5+. The molecule has 0 amide bonds. The zero-order valence-electron chi connectivity index (χ0n) is 16.3. The summed E-state index contributed by atoms with van der Waals surface area (Å²) in [6.07, 6.45) is 7.27. The number of allylic oxidation sites excluding steroid dienone is 1. The highest BCUT2D eigenvalue weighted by molar-refractivity contribution is 5.80. The van der Waals surface area contributed by atoms with Crippen molar-refractivity contribution in [1.29, 1.82) is 0 Å². The highest BCUT2D eigenvalue weighted by Crippen LogP contribution is 2.35. The number of carbonyl (C=O) groups is 1. The summed E-state index contributed by atoms with van der Waals surface area (Å²) in [6, 6.07) is 7.92. The van der Waals surface area contributed by atoms with Gasteiger partial charge in [0.05, 0.1) is 11.0 Å². The zero-order valence-corrected chi connectivity index (χ0v) is 16.3. The number of hydrogen-bond acceptors (Lipinski definition) is 3. The predicted octanol–water partition coefficient (Wildman–Crippen LogP) is 5.07. The highest BCUT2D eigenvalue weighted by Gasteiger charge is 2.33. The monoisotopic (exact) mass is 354 g/mol. The van der Waals surface area contributed by atoms with Crippen molar-refractivity contribution >= 4 is 23.1 Å². The maximum absolute atomic E-state index is 12.8. The maximum Gasteiger partial charge on any atom is 0.326 e. The highest BCUT2D eigenvalue weighted by atomic mass is 16.5. The van der Waals surface area contributed by atoms with Gasteiger partial charge in [-0.25, -0.2) is 4.98 Å². The van der Waals surface area contributed by atoms with E-state index in [0.717, 1.165) is 29.7 Å². The number of ether oxygens (including phenoxy) is 1. The smallest absolute Gasteiger partial charge is 0.326 e. The summed E-state index contributed by atoms with van der Waals surface area (Å²) >= 11 is 0. The molecule has 140 valence electrons. The molecule has 1 aliphatic rings. The third-order valence-corrected chi connectivity index (χ3v) is 5.53. The van der Waals surface area contributed by atoms with E-state index in [9.17, 15) is 4.79 Å². The molecular weight excluding hydrogens is 324 g/mol. The summed E-state index contributed by atoms with van der Waals surface area (Å²) in [4.78, 5) is 17.4. The van der Waals surface area contributed by atoms with E-state index in [1.807, 2.05) is 47.9 Å². The Morgan fingerprint density at radius 3 is 2.85 bits per heavy atom. The maximum atomic E-state index is 12.8. The van der Waals surface area contributed by atoms with Crippen LogP contribution in [0.4, 0.5) is 0 Å². The fourth-order valence-electron chi connectivity index (χ4n) is 4.12. The van der Waals surface area contributed by atoms with Crippen LogP contribution in [0, 0.1) is 17.8 Å². The van der Waals surface area contributed by atoms with Crippen molar-refractivity contribution in [2.24, 2.45) is 17.8 Å². The molecule has 3 atom stereocenters. The van der Waals surface area contributed by atoms with Crippen LogP contribution in [-0.4, -0.2) is 21.6 Å². The SMILES string of the molecule is C/C=C/c1nc2ccccc2n1CC(=O)OC1CC(C)CCC1C(C)C. The summed E-state index contributed by atoms with van der Waals surface area (Å²) in [5.74, 6) is 2.25. The van der Waals surface area contributed by atoms with Crippen molar-refractivity contribution in [3.63, 3.8) is 0 Å². The number of aromatic nitrogens is 2. The van der Waals surface area contributed by atoms with Gasteiger partial charge in [-0.3, -0.25) is 4.79 Å². The number of para-hydroxylation sites is 2. The van der Waals surface area contributed by atoms with Crippen LogP contribution in [-0.2, 0) is 16.1 Å². The topological polar surface area (TPSA) is 44.1 Å². The zero-order chi connectivity index (χ0) is 18.7. The first-order valence-corrected chi connectivity index (χ1v) is 9.77. The largest absolute Gasteiger partial charge is 0.461 e. The minimum Gasteiger partial charge on any atom is -0.461 e. The predicted molar refractivity (Wildman–Crippen MR) is 106 cm³/mol. The van der Waals surface area contributed by atoms with Crippen LogP contribution >= 0.6 is 0 Å². The minimum absolute atomic E-state index is 0.0335. The lowest BCUT2D eigenvalue weighted by Gasteiger charge is -2.36. The second-order valence-electron chi connectivity index (χ2n) is 7.90. The van der Waals surface area contributed by atoms with Gasteiger partial charge < -0.3 is 9.30 Å². The van der Waals surface area contributed by atoms with Gasteiger partial charge in [-0.15, -0.1) is 0 Å². The first kappa shape index (κ1) is 18.7. The third kappa shape index (κ3) is 4.00. The molecule has 1 aromatic heterocycles. The molecule has 1 fully saturated rings. The Balaban J connectivity index is 1.79. The lowest BCUT2D eigenvalue weighted by atomic mass is 9.75. The van der Waals surface area contributed by atoms with Gasteiger partial charge in [0, 0.05) is 0 Å². The van der Waals surface area contributed by atoms with Gasteiger partial charge in [-0.05, 0) is 55.7 Å². The van der Waals surface area contributed by atoms with Gasteiger partial charge >= 0.3 is 5.97 Å². The first-order chi connectivity index (χ1) is 12.5. The van der Waals surface area contributed by atoms with Crippen LogP contribution < -0.4 is 0 Å². The summed E-state index contributed by atoms with van der Waals surface area (Å²) in [6.45, 7) is 8.88. The van der Waals surface area contributed by atoms with E-state index in [4.69, 9.17) is 4.74 Å². The molecule has 0 aliphatic heterocycles. The van der Waals surface area contributed by atoms with Crippen LogP contribution in [0.15, 0.2) is 30.3 Å². The van der Waals surface area contributed by atoms with Gasteiger partial charge in [-0.1, -0.05) is 45.4 Å². The average Bonchev–Trinajstić information content (AvgIpc) is 2.92. The second kappa shape index (κ2) is 8.07. The molecule has 1 heterocycles. The van der Waals surface area contributed by atoms with Crippen LogP contribution in [0.2, 0.25) is 0 Å². The lowest BCUT2D eigenvalue weighted by molar-refractivity contribution is -0.156. The van der Waals surface area contributed by atoms with Gasteiger partial charge in [0.1, 0.15) is 18.5 Å². The molecule has 4 heteroatoms. The van der Waals surface area contributed by atoms with Crippen molar-refractivity contribution < 1.29 is 9.53 Å². The van der Waals surface area contributed by atoms with Crippen LogP contribution in [0.1, 0.15) is 52.8 Å². The molecule has 0 bridgehead atoms. The molecule has 1 aromatic carbocycles. The summed E-state index contributed by atoms with van der Waals surface area (Å²) in [5, 5.41) is 0. The fourth-order valence-corrected chi connectivity index (χ4v) is 4.12. The molecule has 0 saturated heterocycles. The number of carbonyl (C=O) groups excluding carboxylic acids is 1. The quantitative estimate of drug-likeness (QED) is 0.704. The van der Waals surface area contributed by atoms with Gasteiger partial charge in [0.2, 0.25) is 0 Å². The Kier molecular flexibility index (Phi) is 5.80. The van der Waals surface area contributed by atoms with E-state index < -0.39 is 0 Å². The van der Waals surface area contributed by atoms with Crippen molar-refractivity contribution in [3.8, 4) is 0 Å². The number of imidazole rings is 1. The number of fused-ring (bicyclic) bond motifs is 1. The van der Waals surface area contributed by atoms with Gasteiger partial charge in [0.15, 0.2) is 0 Å². The van der Waals surface area contributed by atoms with E-state index in [1.165, 1.54) is 6.42 Å². The molecule has 1 aliphatic carbocycles. The summed E-state index contributed by atoms with van der Waals surface area (Å²) < 4.78 is 7.93. The molecule has 2 aromatic rings. The van der Waals surface area contributed by atoms with Crippen LogP contribution in [0.25, 0.3) is 17.1 Å². The molecule has 3 rings (SSSR count). The van der Waals surface area contributed by atoms with Gasteiger partial charge in [0.25, 0.3) is 0 Å². The molecule has 1 saturated carbocycles. The molecule has 0 radical (unpaired) electrons. The van der Waals surface area contributed by atoms with E-state index in [0.29, 0.717) is 17.8 Å². The summed E-state index contributed by atoms with van der Waals surface area (Å²) in [7, 11) is 0. The Hall–Kier alpha value is -2.10. The normalized spacial score (nSPS) is 23.8. The van der Waals surface area contributed by atoms with E-state index in [1.54, 1.807) is 0 Å². The van der Waals surface area contributed by atoms with Crippen LogP contribution in [0.3, 0.4) is 0 Å². The molecule has 3 unspecified atom stereocenters. The second-order valence-corrected chi connectivity index (χ2v) is 7.90. The number of hydrogen-bond donors (Lipinski definition) is 0. The van der Waals surface area contributed by atoms with Crippen LogP contribution in [0.5, 0.6) is 0 Å². The Labute approximate surface area is 156 Å². The molecular formula is C22H30N2O2. The van der Waals surface area contributed by atoms with E-state index >= 15 is 0 Å². The Bertz CT molecular complexity index is 791. The fraction of sp³-hybridized carbons (Fsp3) is 0.545. The number of nitrogens with zero attached hydrogens (tertiary/aromatic N) is 2. The number of benzene rings is 1. The minimum atomic E-state index is -0.163. The third-order valence-electron chi connectivity index (χ3n) is 5.53. The Morgan fingerprint density at radius 1 is 1.35 bits per heavy atom. The van der Waals surface area contributed by atoms with Crippen molar-refractivity contribution in [1.82, 2.24) is 9.55 Å². The van der Waals surface area contributed by atoms with Crippen molar-refractivity contribution in [2.45, 2.75) is 59.6 Å². The van der Waals surface area contributed by atoms with Gasteiger partial charge in [-0.2, -0.15) is 0 Å². The Morgan fingerprint density at radius 2 is 2.12 bits per heavy atom. The molecule has 0 spiro atoms. The summed E-state index contributed by atoms with van der Waals surface area (Å²) in [5.41, 5.74) is 1.87. The van der Waals surface area contributed by atoms with E-state index in [2.05, 4.69) is 25.8 Å². The molecule has 4 nitrogen and oxygen atoms in total. The number of esters is 1. The lowest BCUT2D eigenvalue weighted by Crippen LogP contribution is -2.36. The average molecular weight is 354 g/mol. The van der Waals surface area contributed by atoms with Crippen molar-refractivity contribution in [3.05, 3.63) is 36.2 Å². The molecule has 26 heavy (non-hydrogen) atoms. The van der Waals surface area contributed by atoms with Crippen molar-refractivity contribution in [2.75, 3.05) is 0 Å². The molecule has 0 N–H and O–H groups in total. The first-order valence-electron chi connectivity index (χ1n) is 9.77.